The fraction of sp³-hybridized carbons (Fsp3) is 0.400. The van der Waals surface area contributed by atoms with Gasteiger partial charge in [-0.1, -0.05) is 30.0 Å². The van der Waals surface area contributed by atoms with Crippen LogP contribution in [0.4, 0.5) is 0 Å². The first kappa shape index (κ1) is 15.1. The zero-order chi connectivity index (χ0) is 13.9. The molecule has 0 aromatic heterocycles. The zero-order valence-electron chi connectivity index (χ0n) is 11.4. The number of para-hydroxylation sites is 1. The highest BCUT2D eigenvalue weighted by atomic mass is 16.5. The fourth-order valence-electron chi connectivity index (χ4n) is 1.33. The molecule has 0 unspecified atom stereocenters. The molecule has 0 bridgehead atoms. The summed E-state index contributed by atoms with van der Waals surface area (Å²) in [6.07, 6.45) is 0. The zero-order valence-corrected chi connectivity index (χ0v) is 11.4. The summed E-state index contributed by atoms with van der Waals surface area (Å²) in [5.74, 6) is 6.34. The van der Waals surface area contributed by atoms with E-state index in [2.05, 4.69) is 17.2 Å². The van der Waals surface area contributed by atoms with E-state index in [4.69, 9.17) is 9.47 Å². The normalized spacial score (nSPS) is 9.37. The Morgan fingerprint density at radius 3 is 2.84 bits per heavy atom. The minimum atomic E-state index is -0.157. The number of rotatable bonds is 6. The van der Waals surface area contributed by atoms with E-state index in [1.165, 1.54) is 0 Å². The summed E-state index contributed by atoms with van der Waals surface area (Å²) in [6, 6.07) is 7.77. The van der Waals surface area contributed by atoms with Crippen molar-refractivity contribution in [2.45, 2.75) is 13.8 Å². The molecule has 102 valence electrons. The van der Waals surface area contributed by atoms with Crippen LogP contribution in [0.2, 0.25) is 0 Å². The third kappa shape index (κ3) is 6.49. The van der Waals surface area contributed by atoms with E-state index in [1.54, 1.807) is 0 Å². The number of hydrogen-bond donors (Lipinski definition) is 1. The predicted octanol–water partition coefficient (Wildman–Crippen LogP) is 1.53. The molecular weight excluding hydrogens is 242 g/mol. The lowest BCUT2D eigenvalue weighted by Crippen LogP contribution is -2.27. The van der Waals surface area contributed by atoms with Crippen molar-refractivity contribution in [1.29, 1.82) is 0 Å². The average molecular weight is 261 g/mol. The Hall–Kier alpha value is -1.99. The number of amides is 1. The van der Waals surface area contributed by atoms with E-state index in [1.807, 2.05) is 38.1 Å². The van der Waals surface area contributed by atoms with Gasteiger partial charge in [-0.25, -0.2) is 0 Å². The van der Waals surface area contributed by atoms with Crippen LogP contribution in [0.15, 0.2) is 24.3 Å². The summed E-state index contributed by atoms with van der Waals surface area (Å²) in [4.78, 5) is 11.2. The number of ether oxygens (including phenoxy) is 2. The van der Waals surface area contributed by atoms with E-state index >= 15 is 0 Å². The van der Waals surface area contributed by atoms with E-state index in [0.717, 1.165) is 11.3 Å². The Balaban J connectivity index is 2.18. The highest BCUT2D eigenvalue weighted by molar-refractivity contribution is 5.77. The molecule has 1 aromatic rings. The van der Waals surface area contributed by atoms with Crippen LogP contribution in [-0.2, 0) is 9.53 Å². The second-order valence-electron chi connectivity index (χ2n) is 3.82. The third-order valence-electron chi connectivity index (χ3n) is 2.33. The number of nitrogens with one attached hydrogen (secondary N) is 1. The van der Waals surface area contributed by atoms with E-state index < -0.39 is 0 Å². The Kier molecular flexibility index (Phi) is 7.14. The maximum absolute atomic E-state index is 11.2. The van der Waals surface area contributed by atoms with Crippen molar-refractivity contribution in [1.82, 2.24) is 5.32 Å². The number of benzene rings is 1. The van der Waals surface area contributed by atoms with Crippen molar-refractivity contribution in [3.63, 3.8) is 0 Å². The smallest absolute Gasteiger partial charge is 0.246 e. The molecule has 4 nitrogen and oxygen atoms in total. The van der Waals surface area contributed by atoms with E-state index in [9.17, 15) is 4.79 Å². The molecule has 1 amide bonds. The molecule has 1 aromatic carbocycles. The standard InChI is InChI=1S/C15H19NO3/c1-3-18-12-15(17)16-10-6-7-11-19-14-9-5-4-8-13(14)2/h4-5,8-9H,3,10-12H2,1-2H3,(H,16,17). The third-order valence-corrected chi connectivity index (χ3v) is 2.33. The fourth-order valence-corrected chi connectivity index (χ4v) is 1.33. The van der Waals surface area contributed by atoms with Crippen molar-refractivity contribution in [2.24, 2.45) is 0 Å². The summed E-state index contributed by atoms with van der Waals surface area (Å²) < 4.78 is 10.5. The SMILES string of the molecule is CCOCC(=O)NCC#CCOc1ccccc1C. The average Bonchev–Trinajstić information content (AvgIpc) is 2.42. The molecule has 19 heavy (non-hydrogen) atoms. The minimum Gasteiger partial charge on any atom is -0.481 e. The molecule has 0 atom stereocenters. The Morgan fingerprint density at radius 2 is 2.11 bits per heavy atom. The highest BCUT2D eigenvalue weighted by Gasteiger charge is 1.97. The molecule has 1 N–H and O–H groups in total. The molecule has 4 heteroatoms. The lowest BCUT2D eigenvalue weighted by molar-refractivity contribution is -0.125. The maximum atomic E-state index is 11.2. The van der Waals surface area contributed by atoms with Crippen molar-refractivity contribution >= 4 is 5.91 Å². The van der Waals surface area contributed by atoms with Crippen LogP contribution in [0, 0.1) is 18.8 Å². The summed E-state index contributed by atoms with van der Waals surface area (Å²) in [6.45, 7) is 5.06. The van der Waals surface area contributed by atoms with E-state index in [0.29, 0.717) is 19.8 Å². The number of carbonyl (C=O) groups excluding carboxylic acids is 1. The second kappa shape index (κ2) is 9.01. The predicted molar refractivity (Wildman–Crippen MR) is 74.0 cm³/mol. The van der Waals surface area contributed by atoms with Gasteiger partial charge in [0.2, 0.25) is 5.91 Å². The molecule has 0 fully saturated rings. The lowest BCUT2D eigenvalue weighted by atomic mass is 10.2. The molecule has 0 heterocycles. The molecule has 0 aliphatic carbocycles. The summed E-state index contributed by atoms with van der Waals surface area (Å²) in [5.41, 5.74) is 1.08. The quantitative estimate of drug-likeness (QED) is 0.790. The maximum Gasteiger partial charge on any atom is 0.246 e. The van der Waals surface area contributed by atoms with Gasteiger partial charge in [0.1, 0.15) is 19.0 Å². The van der Waals surface area contributed by atoms with Crippen LogP contribution >= 0.6 is 0 Å². The van der Waals surface area contributed by atoms with Gasteiger partial charge in [-0.3, -0.25) is 4.79 Å². The highest BCUT2D eigenvalue weighted by Crippen LogP contribution is 2.15. The van der Waals surface area contributed by atoms with Crippen LogP contribution in [-0.4, -0.2) is 32.3 Å². The van der Waals surface area contributed by atoms with Gasteiger partial charge in [0.05, 0.1) is 6.54 Å². The molecule has 0 aliphatic heterocycles. The summed E-state index contributed by atoms with van der Waals surface area (Å²) >= 11 is 0. The van der Waals surface area contributed by atoms with Gasteiger partial charge in [0.25, 0.3) is 0 Å². The van der Waals surface area contributed by atoms with Gasteiger partial charge in [0.15, 0.2) is 0 Å². The van der Waals surface area contributed by atoms with Crippen LogP contribution < -0.4 is 10.1 Å². The van der Waals surface area contributed by atoms with Gasteiger partial charge >= 0.3 is 0 Å². The van der Waals surface area contributed by atoms with Crippen molar-refractivity contribution in [2.75, 3.05) is 26.4 Å². The van der Waals surface area contributed by atoms with E-state index in [-0.39, 0.29) is 12.5 Å². The molecular formula is C15H19NO3. The molecule has 0 aliphatic rings. The van der Waals surface area contributed by atoms with Crippen LogP contribution in [0.5, 0.6) is 5.75 Å². The lowest BCUT2D eigenvalue weighted by Gasteiger charge is -2.04. The molecule has 0 saturated heterocycles. The first-order chi connectivity index (χ1) is 9.24. The summed E-state index contributed by atoms with van der Waals surface area (Å²) in [7, 11) is 0. The van der Waals surface area contributed by atoms with Crippen LogP contribution in [0.1, 0.15) is 12.5 Å². The monoisotopic (exact) mass is 261 g/mol. The van der Waals surface area contributed by atoms with Crippen LogP contribution in [0.3, 0.4) is 0 Å². The number of aryl methyl sites for hydroxylation is 1. The Morgan fingerprint density at radius 1 is 1.32 bits per heavy atom. The minimum absolute atomic E-state index is 0.0812. The van der Waals surface area contributed by atoms with Gasteiger partial charge in [-0.05, 0) is 25.5 Å². The molecule has 0 spiro atoms. The Labute approximate surface area is 114 Å². The second-order valence-corrected chi connectivity index (χ2v) is 3.82. The van der Waals surface area contributed by atoms with Crippen molar-refractivity contribution < 1.29 is 14.3 Å². The van der Waals surface area contributed by atoms with Crippen LogP contribution in [0.25, 0.3) is 0 Å². The number of hydrogen-bond acceptors (Lipinski definition) is 3. The van der Waals surface area contributed by atoms with Gasteiger partial charge in [-0.15, -0.1) is 0 Å². The first-order valence-corrected chi connectivity index (χ1v) is 6.22. The van der Waals surface area contributed by atoms with Crippen molar-refractivity contribution in [3.05, 3.63) is 29.8 Å². The molecule has 0 saturated carbocycles. The largest absolute Gasteiger partial charge is 0.481 e. The first-order valence-electron chi connectivity index (χ1n) is 6.22. The topological polar surface area (TPSA) is 47.6 Å². The number of carbonyl (C=O) groups is 1. The Bertz CT molecular complexity index is 460. The van der Waals surface area contributed by atoms with Crippen molar-refractivity contribution in [3.8, 4) is 17.6 Å². The van der Waals surface area contributed by atoms with Gasteiger partial charge < -0.3 is 14.8 Å². The van der Waals surface area contributed by atoms with Gasteiger partial charge in [-0.2, -0.15) is 0 Å². The van der Waals surface area contributed by atoms with Gasteiger partial charge in [0, 0.05) is 6.61 Å². The molecule has 1 rings (SSSR count). The molecule has 0 radical (unpaired) electrons. The summed E-state index contributed by atoms with van der Waals surface area (Å²) in [5, 5.41) is 2.63.